The number of aliphatic hydroxyl groups excluding tert-OH is 1. The topological polar surface area (TPSA) is 73.5 Å². The number of aryl methyl sites for hydroxylation is 1. The molecule has 140 valence electrons. The van der Waals surface area contributed by atoms with E-state index >= 15 is 0 Å². The zero-order valence-corrected chi connectivity index (χ0v) is 14.8. The Morgan fingerprint density at radius 2 is 1.81 bits per heavy atom. The molecule has 0 bridgehead atoms. The average Bonchev–Trinajstić information content (AvgIpc) is 2.91. The number of ether oxygens (including phenoxy) is 1. The van der Waals surface area contributed by atoms with Gasteiger partial charge in [0.15, 0.2) is 0 Å². The zero-order chi connectivity index (χ0) is 18.8. The van der Waals surface area contributed by atoms with E-state index in [9.17, 15) is 19.1 Å². The number of aliphatic hydroxyl groups is 1. The maximum absolute atomic E-state index is 13.0. The molecule has 1 N–H and O–H groups in total. The third kappa shape index (κ3) is 3.50. The molecule has 1 aromatic heterocycles. The van der Waals surface area contributed by atoms with E-state index in [0.717, 1.165) is 10.1 Å². The Morgan fingerprint density at radius 3 is 2.42 bits per heavy atom. The second-order valence-corrected chi connectivity index (χ2v) is 6.84. The van der Waals surface area contributed by atoms with Gasteiger partial charge in [-0.1, -0.05) is 26.0 Å². The molecule has 0 spiro atoms. The first-order chi connectivity index (χ1) is 12.4. The van der Waals surface area contributed by atoms with Crippen molar-refractivity contribution < 1.29 is 14.2 Å². The number of nitrogens with zero attached hydrogens (tertiary/aromatic N) is 2. The molecule has 7 heteroatoms. The van der Waals surface area contributed by atoms with Crippen molar-refractivity contribution in [2.45, 2.75) is 39.1 Å². The van der Waals surface area contributed by atoms with E-state index in [-0.39, 0.29) is 42.5 Å². The van der Waals surface area contributed by atoms with Crippen LogP contribution in [-0.2, 0) is 17.7 Å². The SMILES string of the molecule is CC1C(CO)OC(n2ccc(=O)n(CCc3ccc(F)cc3)c2=O)C1C. The lowest BCUT2D eigenvalue weighted by molar-refractivity contribution is -0.0381. The summed E-state index contributed by atoms with van der Waals surface area (Å²) >= 11 is 0. The molecular weight excluding hydrogens is 339 g/mol. The molecule has 6 nitrogen and oxygen atoms in total. The molecule has 1 aliphatic heterocycles. The summed E-state index contributed by atoms with van der Waals surface area (Å²) in [6, 6.07) is 7.33. The molecule has 0 saturated carbocycles. The van der Waals surface area contributed by atoms with Gasteiger partial charge in [0.05, 0.1) is 12.7 Å². The second-order valence-electron chi connectivity index (χ2n) is 6.84. The summed E-state index contributed by atoms with van der Waals surface area (Å²) in [5, 5.41) is 9.42. The van der Waals surface area contributed by atoms with E-state index in [1.54, 1.807) is 12.1 Å². The highest BCUT2D eigenvalue weighted by molar-refractivity contribution is 5.16. The lowest BCUT2D eigenvalue weighted by Crippen LogP contribution is -2.41. The number of benzene rings is 1. The molecule has 26 heavy (non-hydrogen) atoms. The monoisotopic (exact) mass is 362 g/mol. The summed E-state index contributed by atoms with van der Waals surface area (Å²) in [4.78, 5) is 25.0. The van der Waals surface area contributed by atoms with Gasteiger partial charge in [-0.3, -0.25) is 13.9 Å². The minimum absolute atomic E-state index is 0.0212. The molecule has 0 radical (unpaired) electrons. The van der Waals surface area contributed by atoms with Crippen LogP contribution in [0.15, 0.2) is 46.1 Å². The Bertz CT molecular complexity index is 874. The van der Waals surface area contributed by atoms with E-state index in [0.29, 0.717) is 6.42 Å². The molecular formula is C19H23FN2O4. The maximum Gasteiger partial charge on any atom is 0.333 e. The third-order valence-electron chi connectivity index (χ3n) is 5.27. The molecule has 1 aromatic carbocycles. The van der Waals surface area contributed by atoms with Crippen LogP contribution in [0.1, 0.15) is 25.6 Å². The van der Waals surface area contributed by atoms with Crippen molar-refractivity contribution in [3.8, 4) is 0 Å². The largest absolute Gasteiger partial charge is 0.394 e. The van der Waals surface area contributed by atoms with Crippen molar-refractivity contribution in [3.05, 3.63) is 68.7 Å². The fraction of sp³-hybridized carbons (Fsp3) is 0.474. The van der Waals surface area contributed by atoms with E-state index in [2.05, 4.69) is 0 Å². The van der Waals surface area contributed by atoms with Crippen LogP contribution in [0.5, 0.6) is 0 Å². The normalized spacial score (nSPS) is 25.5. The smallest absolute Gasteiger partial charge is 0.333 e. The number of hydrogen-bond donors (Lipinski definition) is 1. The standard InChI is InChI=1S/C19H23FN2O4/c1-12-13(2)18(26-16(12)11-23)22-10-8-17(24)21(19(22)25)9-7-14-3-5-15(20)6-4-14/h3-6,8,10,12-13,16,18,23H,7,9,11H2,1-2H3. The summed E-state index contributed by atoms with van der Waals surface area (Å²) in [5.74, 6) is -0.211. The van der Waals surface area contributed by atoms with Crippen LogP contribution >= 0.6 is 0 Å². The van der Waals surface area contributed by atoms with Crippen LogP contribution < -0.4 is 11.2 Å². The molecule has 4 atom stereocenters. The van der Waals surface area contributed by atoms with Crippen molar-refractivity contribution in [2.24, 2.45) is 11.8 Å². The highest BCUT2D eigenvalue weighted by Gasteiger charge is 2.40. The summed E-state index contributed by atoms with van der Waals surface area (Å²) in [6.07, 6.45) is 1.04. The summed E-state index contributed by atoms with van der Waals surface area (Å²) < 4.78 is 21.4. The van der Waals surface area contributed by atoms with E-state index in [1.165, 1.54) is 29.0 Å². The number of aromatic nitrogens is 2. The number of rotatable bonds is 5. The molecule has 3 rings (SSSR count). The van der Waals surface area contributed by atoms with Crippen molar-refractivity contribution in [1.82, 2.24) is 9.13 Å². The van der Waals surface area contributed by atoms with Crippen LogP contribution in [0.2, 0.25) is 0 Å². The van der Waals surface area contributed by atoms with Gasteiger partial charge in [0.2, 0.25) is 0 Å². The Hall–Kier alpha value is -2.25. The summed E-state index contributed by atoms with van der Waals surface area (Å²) in [6.45, 7) is 4.03. The van der Waals surface area contributed by atoms with Gasteiger partial charge < -0.3 is 9.84 Å². The average molecular weight is 362 g/mol. The van der Waals surface area contributed by atoms with E-state index in [4.69, 9.17) is 4.74 Å². The predicted molar refractivity (Wildman–Crippen MR) is 94.4 cm³/mol. The number of halogens is 1. The van der Waals surface area contributed by atoms with Gasteiger partial charge in [-0.2, -0.15) is 0 Å². The van der Waals surface area contributed by atoms with Crippen LogP contribution in [0.3, 0.4) is 0 Å². The van der Waals surface area contributed by atoms with Crippen LogP contribution in [0.25, 0.3) is 0 Å². The minimum atomic E-state index is -0.521. The van der Waals surface area contributed by atoms with Gasteiger partial charge in [-0.15, -0.1) is 0 Å². The molecule has 0 amide bonds. The quantitative estimate of drug-likeness (QED) is 0.876. The Balaban J connectivity index is 1.86. The van der Waals surface area contributed by atoms with Crippen molar-refractivity contribution >= 4 is 0 Å². The lowest BCUT2D eigenvalue weighted by Gasteiger charge is -2.20. The molecule has 1 aliphatic rings. The maximum atomic E-state index is 13.0. The van der Waals surface area contributed by atoms with Crippen LogP contribution in [0.4, 0.5) is 4.39 Å². The first-order valence-electron chi connectivity index (χ1n) is 8.75. The highest BCUT2D eigenvalue weighted by atomic mass is 19.1. The lowest BCUT2D eigenvalue weighted by atomic mass is 9.93. The third-order valence-corrected chi connectivity index (χ3v) is 5.27. The molecule has 1 saturated heterocycles. The zero-order valence-electron chi connectivity index (χ0n) is 14.8. The molecule has 2 aromatic rings. The summed E-state index contributed by atoms with van der Waals surface area (Å²) in [7, 11) is 0. The van der Waals surface area contributed by atoms with Gasteiger partial charge in [0, 0.05) is 24.7 Å². The second kappa shape index (κ2) is 7.55. The molecule has 4 unspecified atom stereocenters. The Labute approximate surface area is 150 Å². The first kappa shape index (κ1) is 18.5. The predicted octanol–water partition coefficient (Wildman–Crippen LogP) is 1.55. The highest BCUT2D eigenvalue weighted by Crippen LogP contribution is 2.37. The number of hydrogen-bond acceptors (Lipinski definition) is 4. The Morgan fingerprint density at radius 1 is 1.12 bits per heavy atom. The fourth-order valence-corrected chi connectivity index (χ4v) is 3.38. The molecule has 0 aliphatic carbocycles. The van der Waals surface area contributed by atoms with Gasteiger partial charge >= 0.3 is 5.69 Å². The van der Waals surface area contributed by atoms with Crippen molar-refractivity contribution in [1.29, 1.82) is 0 Å². The van der Waals surface area contributed by atoms with Gasteiger partial charge in [-0.05, 0) is 30.0 Å². The van der Waals surface area contributed by atoms with Crippen molar-refractivity contribution in [3.63, 3.8) is 0 Å². The molecule has 2 heterocycles. The minimum Gasteiger partial charge on any atom is -0.394 e. The fourth-order valence-electron chi connectivity index (χ4n) is 3.38. The van der Waals surface area contributed by atoms with Crippen molar-refractivity contribution in [2.75, 3.05) is 6.61 Å². The first-order valence-corrected chi connectivity index (χ1v) is 8.75. The van der Waals surface area contributed by atoms with Crippen LogP contribution in [-0.4, -0.2) is 27.0 Å². The Kier molecular flexibility index (Phi) is 5.38. The van der Waals surface area contributed by atoms with Gasteiger partial charge in [0.1, 0.15) is 12.0 Å². The van der Waals surface area contributed by atoms with Gasteiger partial charge in [-0.25, -0.2) is 9.18 Å². The van der Waals surface area contributed by atoms with Gasteiger partial charge in [0.25, 0.3) is 5.56 Å². The van der Waals surface area contributed by atoms with E-state index in [1.807, 2.05) is 13.8 Å². The molecule has 1 fully saturated rings. The summed E-state index contributed by atoms with van der Waals surface area (Å²) in [5.41, 5.74) is 0.0144. The van der Waals surface area contributed by atoms with E-state index < -0.39 is 11.9 Å². The van der Waals surface area contributed by atoms with Crippen LogP contribution in [0, 0.1) is 17.7 Å².